The summed E-state index contributed by atoms with van der Waals surface area (Å²) >= 11 is 1.19. The largest absolute Gasteiger partial charge is 0.493 e. The van der Waals surface area contributed by atoms with Crippen LogP contribution >= 0.6 is 11.3 Å². The second-order valence-corrected chi connectivity index (χ2v) is 8.90. The van der Waals surface area contributed by atoms with E-state index in [1.807, 2.05) is 25.1 Å². The highest BCUT2D eigenvalue weighted by atomic mass is 32.2. The van der Waals surface area contributed by atoms with Crippen LogP contribution < -0.4 is 24.8 Å². The van der Waals surface area contributed by atoms with Crippen molar-refractivity contribution < 1.29 is 17.9 Å². The fraction of sp³-hybridized carbons (Fsp3) is 0.421. The third-order valence-corrected chi connectivity index (χ3v) is 6.79. The molecule has 0 bridgehead atoms. The average molecular weight is 441 g/mol. The van der Waals surface area contributed by atoms with Gasteiger partial charge < -0.3 is 20.1 Å². The Morgan fingerprint density at radius 2 is 1.90 bits per heavy atom. The van der Waals surface area contributed by atoms with Crippen molar-refractivity contribution in [2.24, 2.45) is 4.99 Å². The summed E-state index contributed by atoms with van der Waals surface area (Å²) in [6.07, 6.45) is 0.774. The molecular weight excluding hydrogens is 412 g/mol. The van der Waals surface area contributed by atoms with Crippen LogP contribution in [0.15, 0.2) is 44.9 Å². The third-order valence-electron chi connectivity index (χ3n) is 3.93. The number of aliphatic imine (C=N–C) groups is 1. The first-order valence-electron chi connectivity index (χ1n) is 9.26. The van der Waals surface area contributed by atoms with Gasteiger partial charge >= 0.3 is 0 Å². The van der Waals surface area contributed by atoms with Gasteiger partial charge in [-0.3, -0.25) is 4.99 Å². The van der Waals surface area contributed by atoms with Crippen LogP contribution in [0, 0.1) is 0 Å². The summed E-state index contributed by atoms with van der Waals surface area (Å²) in [6.45, 7) is 3.92. The van der Waals surface area contributed by atoms with Crippen molar-refractivity contribution >= 4 is 27.3 Å². The minimum atomic E-state index is -3.46. The molecule has 1 heterocycles. The molecule has 0 saturated carbocycles. The molecule has 10 heteroatoms. The quantitative estimate of drug-likeness (QED) is 0.280. The molecule has 8 nitrogen and oxygen atoms in total. The van der Waals surface area contributed by atoms with E-state index in [2.05, 4.69) is 20.3 Å². The van der Waals surface area contributed by atoms with Gasteiger partial charge in [0.15, 0.2) is 17.5 Å². The highest BCUT2D eigenvalue weighted by Crippen LogP contribution is 2.27. The number of benzene rings is 1. The van der Waals surface area contributed by atoms with Crippen LogP contribution in [0.25, 0.3) is 0 Å². The molecule has 0 radical (unpaired) electrons. The minimum Gasteiger partial charge on any atom is -0.493 e. The lowest BCUT2D eigenvalue weighted by Crippen LogP contribution is -2.39. The molecule has 3 N–H and O–H groups in total. The summed E-state index contributed by atoms with van der Waals surface area (Å²) in [7, 11) is -0.233. The third kappa shape index (κ3) is 7.22. The molecule has 1 aromatic heterocycles. The summed E-state index contributed by atoms with van der Waals surface area (Å²) in [6, 6.07) is 9.11. The van der Waals surface area contributed by atoms with E-state index in [9.17, 15) is 8.42 Å². The molecule has 2 aromatic rings. The van der Waals surface area contributed by atoms with Crippen LogP contribution in [-0.2, 0) is 16.4 Å². The molecular formula is C19H28N4O4S2. The molecule has 2 rings (SSSR count). The number of nitrogens with one attached hydrogen (secondary N) is 3. The van der Waals surface area contributed by atoms with Crippen molar-refractivity contribution in [3.05, 3.63) is 41.3 Å². The van der Waals surface area contributed by atoms with Crippen molar-refractivity contribution in [2.75, 3.05) is 40.4 Å². The monoisotopic (exact) mass is 440 g/mol. The first-order chi connectivity index (χ1) is 14.0. The van der Waals surface area contributed by atoms with E-state index < -0.39 is 10.0 Å². The zero-order chi connectivity index (χ0) is 21.1. The maximum Gasteiger partial charge on any atom is 0.250 e. The van der Waals surface area contributed by atoms with Crippen LogP contribution in [0.3, 0.4) is 0 Å². The van der Waals surface area contributed by atoms with E-state index >= 15 is 0 Å². The second kappa shape index (κ2) is 11.6. The zero-order valence-corrected chi connectivity index (χ0v) is 18.5. The molecule has 0 fully saturated rings. The number of methoxy groups -OCH3 is 2. The summed E-state index contributed by atoms with van der Waals surface area (Å²) in [4.78, 5) is 4.42. The Balaban J connectivity index is 1.83. The SMILES string of the molecule is CCNC(=NCCNS(=O)(=O)c1cccs1)NCCc1ccc(OC)c(OC)c1. The molecule has 160 valence electrons. The van der Waals surface area contributed by atoms with Gasteiger partial charge in [-0.05, 0) is 42.5 Å². The molecule has 0 atom stereocenters. The predicted octanol–water partition coefficient (Wildman–Crippen LogP) is 1.84. The Bertz CT molecular complexity index is 884. The number of hydrogen-bond donors (Lipinski definition) is 3. The van der Waals surface area contributed by atoms with Gasteiger partial charge in [0.1, 0.15) is 4.21 Å². The predicted molar refractivity (Wildman–Crippen MR) is 117 cm³/mol. The number of sulfonamides is 1. The fourth-order valence-corrected chi connectivity index (χ4v) is 4.60. The maximum atomic E-state index is 12.1. The van der Waals surface area contributed by atoms with Crippen molar-refractivity contribution in [1.82, 2.24) is 15.4 Å². The summed E-state index contributed by atoms with van der Waals surface area (Å²) in [5, 5.41) is 8.14. The number of ether oxygens (including phenoxy) is 2. The zero-order valence-electron chi connectivity index (χ0n) is 16.9. The molecule has 0 aliphatic heterocycles. The van der Waals surface area contributed by atoms with Crippen LogP contribution in [0.2, 0.25) is 0 Å². The Hall–Kier alpha value is -2.30. The van der Waals surface area contributed by atoms with Crippen molar-refractivity contribution in [3.63, 3.8) is 0 Å². The normalized spacial score (nSPS) is 11.9. The Morgan fingerprint density at radius 3 is 2.55 bits per heavy atom. The Labute approximate surface area is 176 Å². The smallest absolute Gasteiger partial charge is 0.250 e. The number of rotatable bonds is 11. The molecule has 0 unspecified atom stereocenters. The molecule has 0 spiro atoms. The first-order valence-corrected chi connectivity index (χ1v) is 11.6. The summed E-state index contributed by atoms with van der Waals surface area (Å²) < 4.78 is 37.6. The first kappa shape index (κ1) is 23.0. The van der Waals surface area contributed by atoms with Crippen molar-refractivity contribution in [2.45, 2.75) is 17.6 Å². The van der Waals surface area contributed by atoms with Crippen LogP contribution in [0.5, 0.6) is 11.5 Å². The highest BCUT2D eigenvalue weighted by Gasteiger charge is 2.13. The fourth-order valence-electron chi connectivity index (χ4n) is 2.54. The topological polar surface area (TPSA) is 101 Å². The molecule has 1 aromatic carbocycles. The van der Waals surface area contributed by atoms with Crippen LogP contribution in [-0.4, -0.2) is 54.8 Å². The summed E-state index contributed by atoms with van der Waals surface area (Å²) in [5.41, 5.74) is 1.11. The Morgan fingerprint density at radius 1 is 1.10 bits per heavy atom. The average Bonchev–Trinajstić information content (AvgIpc) is 3.27. The molecule has 0 aliphatic rings. The molecule has 0 amide bonds. The van der Waals surface area contributed by atoms with Gasteiger partial charge in [0.25, 0.3) is 0 Å². The van der Waals surface area contributed by atoms with E-state index in [-0.39, 0.29) is 6.54 Å². The number of hydrogen-bond acceptors (Lipinski definition) is 6. The van der Waals surface area contributed by atoms with Gasteiger partial charge in [-0.15, -0.1) is 11.3 Å². The lowest BCUT2D eigenvalue weighted by atomic mass is 10.1. The lowest BCUT2D eigenvalue weighted by molar-refractivity contribution is 0.354. The van der Waals surface area contributed by atoms with Gasteiger partial charge in [0.05, 0.1) is 20.8 Å². The van der Waals surface area contributed by atoms with Gasteiger partial charge in [-0.25, -0.2) is 13.1 Å². The number of guanidine groups is 1. The Kier molecular flexibility index (Phi) is 9.23. The molecule has 29 heavy (non-hydrogen) atoms. The van der Waals surface area contributed by atoms with E-state index in [0.29, 0.717) is 41.3 Å². The lowest BCUT2D eigenvalue weighted by Gasteiger charge is -2.13. The van der Waals surface area contributed by atoms with Gasteiger partial charge in [0, 0.05) is 19.6 Å². The number of thiophene rings is 1. The van der Waals surface area contributed by atoms with E-state index in [4.69, 9.17) is 9.47 Å². The standard InChI is InChI=1S/C19H28N4O4S2/c1-4-20-19(22-11-12-23-29(24,25)18-6-5-13-28-18)21-10-9-15-7-8-16(26-2)17(14-15)27-3/h5-8,13-14,23H,4,9-12H2,1-3H3,(H2,20,21,22). The van der Waals surface area contributed by atoms with Crippen LogP contribution in [0.4, 0.5) is 0 Å². The summed E-state index contributed by atoms with van der Waals surface area (Å²) in [5.74, 6) is 2.04. The number of nitrogens with zero attached hydrogens (tertiary/aromatic N) is 1. The minimum absolute atomic E-state index is 0.229. The molecule has 0 aliphatic carbocycles. The van der Waals surface area contributed by atoms with Crippen LogP contribution in [0.1, 0.15) is 12.5 Å². The second-order valence-electron chi connectivity index (χ2n) is 5.96. The highest BCUT2D eigenvalue weighted by molar-refractivity contribution is 7.91. The van der Waals surface area contributed by atoms with E-state index in [0.717, 1.165) is 12.0 Å². The van der Waals surface area contributed by atoms with Crippen molar-refractivity contribution in [3.8, 4) is 11.5 Å². The van der Waals surface area contributed by atoms with Gasteiger partial charge in [0.2, 0.25) is 10.0 Å². The molecule has 0 saturated heterocycles. The van der Waals surface area contributed by atoms with E-state index in [1.54, 1.807) is 31.7 Å². The van der Waals surface area contributed by atoms with Gasteiger partial charge in [-0.2, -0.15) is 0 Å². The van der Waals surface area contributed by atoms with Gasteiger partial charge in [-0.1, -0.05) is 12.1 Å². The van der Waals surface area contributed by atoms with Crippen molar-refractivity contribution in [1.29, 1.82) is 0 Å². The van der Waals surface area contributed by atoms with E-state index in [1.165, 1.54) is 11.3 Å². The maximum absolute atomic E-state index is 12.1.